The van der Waals surface area contributed by atoms with Crippen LogP contribution in [0.1, 0.15) is 40.4 Å². The third kappa shape index (κ3) is 3.09. The summed E-state index contributed by atoms with van der Waals surface area (Å²) in [6.45, 7) is 7.41. The van der Waals surface area contributed by atoms with Crippen LogP contribution >= 0.6 is 0 Å². The van der Waals surface area contributed by atoms with Crippen LogP contribution in [0.4, 0.5) is 0 Å². The molecule has 2 N–H and O–H groups in total. The lowest BCUT2D eigenvalue weighted by Gasteiger charge is -2.15. The van der Waals surface area contributed by atoms with Gasteiger partial charge in [-0.3, -0.25) is 4.79 Å². The topological polar surface area (TPSA) is 66.4 Å². The number of carbonyl (C=O) groups is 2. The van der Waals surface area contributed by atoms with Gasteiger partial charge in [-0.2, -0.15) is 0 Å². The molecule has 4 nitrogen and oxygen atoms in total. The van der Waals surface area contributed by atoms with E-state index in [1.54, 1.807) is 6.92 Å². The lowest BCUT2D eigenvalue weighted by atomic mass is 9.99. The summed E-state index contributed by atoms with van der Waals surface area (Å²) >= 11 is 0. The van der Waals surface area contributed by atoms with Gasteiger partial charge in [-0.15, -0.1) is 0 Å². The van der Waals surface area contributed by atoms with Crippen LogP contribution in [-0.4, -0.2) is 23.0 Å². The summed E-state index contributed by atoms with van der Waals surface area (Å²) in [5, 5.41) is 11.5. The van der Waals surface area contributed by atoms with Gasteiger partial charge in [0.05, 0.1) is 0 Å². The van der Waals surface area contributed by atoms with E-state index in [-0.39, 0.29) is 5.91 Å². The molecule has 0 bridgehead atoms. The molecule has 1 rings (SSSR count). The van der Waals surface area contributed by atoms with E-state index in [9.17, 15) is 9.59 Å². The van der Waals surface area contributed by atoms with Crippen molar-refractivity contribution in [2.75, 3.05) is 0 Å². The molecule has 1 aromatic carbocycles. The van der Waals surface area contributed by atoms with Crippen molar-refractivity contribution in [3.8, 4) is 0 Å². The van der Waals surface area contributed by atoms with Gasteiger partial charge in [0.15, 0.2) is 0 Å². The predicted molar refractivity (Wildman–Crippen MR) is 69.8 cm³/mol. The fraction of sp³-hybridized carbons (Fsp3) is 0.429. The Morgan fingerprint density at radius 3 is 2.11 bits per heavy atom. The molecule has 1 atom stereocenters. The standard InChI is InChI=1S/C14H19NO3/c1-5-11(14(17)18)15-13(16)12-9(3)6-8(2)7-10(12)4/h6-7,11H,5H2,1-4H3,(H,15,16)(H,17,18)/t11-/m1/s1. The van der Waals surface area contributed by atoms with Crippen molar-refractivity contribution < 1.29 is 14.7 Å². The van der Waals surface area contributed by atoms with E-state index in [1.807, 2.05) is 32.9 Å². The molecular weight excluding hydrogens is 230 g/mol. The fourth-order valence-electron chi connectivity index (χ4n) is 2.11. The van der Waals surface area contributed by atoms with E-state index in [4.69, 9.17) is 5.11 Å². The summed E-state index contributed by atoms with van der Waals surface area (Å²) in [6.07, 6.45) is 0.366. The average molecular weight is 249 g/mol. The number of carboxylic acid groups (broad SMARTS) is 1. The minimum absolute atomic E-state index is 0.320. The number of amides is 1. The van der Waals surface area contributed by atoms with E-state index < -0.39 is 12.0 Å². The van der Waals surface area contributed by atoms with Crippen LogP contribution in [0.25, 0.3) is 0 Å². The molecule has 0 heterocycles. The van der Waals surface area contributed by atoms with Gasteiger partial charge in [-0.05, 0) is 38.3 Å². The van der Waals surface area contributed by atoms with Crippen LogP contribution in [-0.2, 0) is 4.79 Å². The minimum Gasteiger partial charge on any atom is -0.480 e. The first-order valence-corrected chi connectivity index (χ1v) is 5.98. The molecule has 0 saturated carbocycles. The molecular formula is C14H19NO3. The fourth-order valence-corrected chi connectivity index (χ4v) is 2.11. The molecule has 1 amide bonds. The van der Waals surface area contributed by atoms with Crippen molar-refractivity contribution in [2.45, 2.75) is 40.2 Å². The van der Waals surface area contributed by atoms with Gasteiger partial charge in [0.25, 0.3) is 5.91 Å². The molecule has 0 aliphatic rings. The van der Waals surface area contributed by atoms with Crippen LogP contribution in [0.3, 0.4) is 0 Å². The number of carbonyl (C=O) groups excluding carboxylic acids is 1. The molecule has 4 heteroatoms. The van der Waals surface area contributed by atoms with Gasteiger partial charge in [0, 0.05) is 5.56 Å². The highest BCUT2D eigenvalue weighted by atomic mass is 16.4. The summed E-state index contributed by atoms with van der Waals surface area (Å²) < 4.78 is 0. The molecule has 0 radical (unpaired) electrons. The molecule has 0 aromatic heterocycles. The SMILES string of the molecule is CC[C@@H](NC(=O)c1c(C)cc(C)cc1C)C(=O)O. The number of carboxylic acids is 1. The van der Waals surface area contributed by atoms with Gasteiger partial charge in [0.1, 0.15) is 6.04 Å². The highest BCUT2D eigenvalue weighted by Gasteiger charge is 2.20. The molecule has 0 aliphatic heterocycles. The van der Waals surface area contributed by atoms with Crippen molar-refractivity contribution in [3.63, 3.8) is 0 Å². The quantitative estimate of drug-likeness (QED) is 0.859. The summed E-state index contributed by atoms with van der Waals surface area (Å²) in [4.78, 5) is 23.0. The highest BCUT2D eigenvalue weighted by Crippen LogP contribution is 2.16. The monoisotopic (exact) mass is 249 g/mol. The Hall–Kier alpha value is -1.84. The maximum Gasteiger partial charge on any atom is 0.326 e. The van der Waals surface area contributed by atoms with Crippen molar-refractivity contribution in [3.05, 3.63) is 34.4 Å². The Kier molecular flexibility index (Phi) is 4.48. The van der Waals surface area contributed by atoms with E-state index in [0.29, 0.717) is 12.0 Å². The van der Waals surface area contributed by atoms with E-state index in [1.165, 1.54) is 0 Å². The lowest BCUT2D eigenvalue weighted by Crippen LogP contribution is -2.40. The van der Waals surface area contributed by atoms with Crippen molar-refractivity contribution in [1.29, 1.82) is 0 Å². The smallest absolute Gasteiger partial charge is 0.326 e. The highest BCUT2D eigenvalue weighted by molar-refractivity contribution is 5.99. The Bertz CT molecular complexity index is 457. The summed E-state index contributed by atoms with van der Waals surface area (Å²) in [7, 11) is 0. The van der Waals surface area contributed by atoms with E-state index >= 15 is 0 Å². The van der Waals surface area contributed by atoms with Crippen LogP contribution < -0.4 is 5.32 Å². The van der Waals surface area contributed by atoms with E-state index in [2.05, 4.69) is 5.32 Å². The number of nitrogens with one attached hydrogen (secondary N) is 1. The minimum atomic E-state index is -1.01. The summed E-state index contributed by atoms with van der Waals surface area (Å²) in [5.74, 6) is -1.33. The van der Waals surface area contributed by atoms with Gasteiger partial charge in [0.2, 0.25) is 0 Å². The van der Waals surface area contributed by atoms with Crippen LogP contribution in [0.2, 0.25) is 0 Å². The number of hydrogen-bond acceptors (Lipinski definition) is 2. The number of hydrogen-bond donors (Lipinski definition) is 2. The van der Waals surface area contributed by atoms with Crippen molar-refractivity contribution in [1.82, 2.24) is 5.32 Å². The maximum absolute atomic E-state index is 12.1. The Morgan fingerprint density at radius 2 is 1.72 bits per heavy atom. The molecule has 1 aromatic rings. The van der Waals surface area contributed by atoms with Crippen molar-refractivity contribution >= 4 is 11.9 Å². The van der Waals surface area contributed by atoms with Crippen LogP contribution in [0.15, 0.2) is 12.1 Å². The summed E-state index contributed by atoms with van der Waals surface area (Å²) in [6, 6.07) is 3.00. The first-order chi connectivity index (χ1) is 8.36. The molecule has 0 fully saturated rings. The molecule has 0 spiro atoms. The van der Waals surface area contributed by atoms with Crippen molar-refractivity contribution in [2.24, 2.45) is 0 Å². The second kappa shape index (κ2) is 5.67. The van der Waals surface area contributed by atoms with Gasteiger partial charge in [-0.25, -0.2) is 4.79 Å². The zero-order chi connectivity index (χ0) is 13.9. The van der Waals surface area contributed by atoms with Crippen LogP contribution in [0, 0.1) is 20.8 Å². The third-order valence-corrected chi connectivity index (χ3v) is 2.92. The zero-order valence-corrected chi connectivity index (χ0v) is 11.2. The van der Waals surface area contributed by atoms with Crippen LogP contribution in [0.5, 0.6) is 0 Å². The largest absolute Gasteiger partial charge is 0.480 e. The Morgan fingerprint density at radius 1 is 1.22 bits per heavy atom. The van der Waals surface area contributed by atoms with Gasteiger partial charge in [-0.1, -0.05) is 24.6 Å². The second-order valence-corrected chi connectivity index (χ2v) is 4.55. The molecule has 98 valence electrons. The number of rotatable bonds is 4. The normalized spacial score (nSPS) is 12.0. The maximum atomic E-state index is 12.1. The molecule has 0 saturated heterocycles. The molecule has 0 unspecified atom stereocenters. The number of aryl methyl sites for hydroxylation is 3. The van der Waals surface area contributed by atoms with Gasteiger partial charge >= 0.3 is 5.97 Å². The molecule has 18 heavy (non-hydrogen) atoms. The lowest BCUT2D eigenvalue weighted by molar-refractivity contribution is -0.139. The predicted octanol–water partition coefficient (Wildman–Crippen LogP) is 2.20. The number of aliphatic carboxylic acids is 1. The average Bonchev–Trinajstić information content (AvgIpc) is 2.23. The zero-order valence-electron chi connectivity index (χ0n) is 11.2. The second-order valence-electron chi connectivity index (χ2n) is 4.55. The Labute approximate surface area is 107 Å². The van der Waals surface area contributed by atoms with Gasteiger partial charge < -0.3 is 10.4 Å². The third-order valence-electron chi connectivity index (χ3n) is 2.92. The Balaban J connectivity index is 3.01. The summed E-state index contributed by atoms with van der Waals surface area (Å²) in [5.41, 5.74) is 3.39. The number of benzene rings is 1. The first-order valence-electron chi connectivity index (χ1n) is 5.98. The molecule has 0 aliphatic carbocycles. The first kappa shape index (κ1) is 14.2. The van der Waals surface area contributed by atoms with E-state index in [0.717, 1.165) is 16.7 Å².